The summed E-state index contributed by atoms with van der Waals surface area (Å²) in [5.74, 6) is 0.871. The topological polar surface area (TPSA) is 91.5 Å². The van der Waals surface area contributed by atoms with E-state index in [4.69, 9.17) is 4.74 Å². The molecule has 1 aromatic heterocycles. The summed E-state index contributed by atoms with van der Waals surface area (Å²) < 4.78 is 33.7. The highest BCUT2D eigenvalue weighted by atomic mass is 32.2. The summed E-state index contributed by atoms with van der Waals surface area (Å²) in [6.45, 7) is 11.2. The van der Waals surface area contributed by atoms with Crippen LogP contribution in [0, 0.1) is 6.92 Å². The lowest BCUT2D eigenvalue weighted by Crippen LogP contribution is -2.24. The summed E-state index contributed by atoms with van der Waals surface area (Å²) in [5, 5.41) is 0. The first-order valence-electron chi connectivity index (χ1n) is 13.9. The summed E-state index contributed by atoms with van der Waals surface area (Å²) in [7, 11) is -1.74. The van der Waals surface area contributed by atoms with E-state index >= 15 is 0 Å². The van der Waals surface area contributed by atoms with Crippen LogP contribution in [0.3, 0.4) is 0 Å². The number of hydrogen-bond acceptors (Lipinski definition) is 5. The zero-order valence-electron chi connectivity index (χ0n) is 24.2. The first-order chi connectivity index (χ1) is 18.9. The van der Waals surface area contributed by atoms with Crippen molar-refractivity contribution in [2.24, 2.45) is 0 Å². The predicted octanol–water partition coefficient (Wildman–Crippen LogP) is 6.05. The Morgan fingerprint density at radius 3 is 2.35 bits per heavy atom. The Morgan fingerprint density at radius 1 is 1.02 bits per heavy atom. The maximum Gasteiger partial charge on any atom is 0.256 e. The van der Waals surface area contributed by atoms with Crippen LogP contribution in [0.1, 0.15) is 62.4 Å². The van der Waals surface area contributed by atoms with Gasteiger partial charge in [0.15, 0.2) is 0 Å². The quantitative estimate of drug-likeness (QED) is 0.293. The van der Waals surface area contributed by atoms with E-state index < -0.39 is 10.0 Å². The Balaban J connectivity index is 1.54. The molecule has 1 saturated heterocycles. The molecule has 8 heteroatoms. The molecule has 40 heavy (non-hydrogen) atoms. The number of pyridine rings is 1. The average molecular weight is 564 g/mol. The molecule has 0 amide bonds. The van der Waals surface area contributed by atoms with Crippen LogP contribution in [-0.4, -0.2) is 50.8 Å². The fourth-order valence-corrected chi connectivity index (χ4v) is 6.18. The van der Waals surface area contributed by atoms with Crippen molar-refractivity contribution >= 4 is 27.9 Å². The van der Waals surface area contributed by atoms with E-state index in [2.05, 4.69) is 35.4 Å². The largest absolute Gasteiger partial charge is 0.496 e. The van der Waals surface area contributed by atoms with Gasteiger partial charge in [-0.25, -0.2) is 8.42 Å². The van der Waals surface area contributed by atoms with Crippen molar-refractivity contribution in [1.82, 2.24) is 9.88 Å². The van der Waals surface area contributed by atoms with E-state index in [1.807, 2.05) is 55.5 Å². The van der Waals surface area contributed by atoms with Gasteiger partial charge in [-0.2, -0.15) is 0 Å². The third-order valence-electron chi connectivity index (χ3n) is 7.22. The molecule has 7 nitrogen and oxygen atoms in total. The van der Waals surface area contributed by atoms with Gasteiger partial charge in [0.2, 0.25) is 10.0 Å². The molecule has 0 aliphatic carbocycles. The van der Waals surface area contributed by atoms with Crippen molar-refractivity contribution in [2.75, 3.05) is 37.2 Å². The highest BCUT2D eigenvalue weighted by molar-refractivity contribution is 7.92. The van der Waals surface area contributed by atoms with Gasteiger partial charge in [0.1, 0.15) is 5.75 Å². The first kappa shape index (κ1) is 29.6. The lowest BCUT2D eigenvalue weighted by atomic mass is 9.83. The van der Waals surface area contributed by atoms with Gasteiger partial charge in [0, 0.05) is 28.1 Å². The van der Waals surface area contributed by atoms with E-state index in [0.29, 0.717) is 17.7 Å². The Morgan fingerprint density at radius 2 is 1.73 bits per heavy atom. The molecule has 0 unspecified atom stereocenters. The van der Waals surface area contributed by atoms with Crippen LogP contribution in [0.2, 0.25) is 0 Å². The van der Waals surface area contributed by atoms with Crippen LogP contribution >= 0.6 is 0 Å². The smallest absolute Gasteiger partial charge is 0.256 e. The number of aromatic amines is 1. The highest BCUT2D eigenvalue weighted by Crippen LogP contribution is 2.38. The molecular weight excluding hydrogens is 522 g/mol. The van der Waals surface area contributed by atoms with Gasteiger partial charge in [-0.1, -0.05) is 45.1 Å². The van der Waals surface area contributed by atoms with Crippen LogP contribution in [0.4, 0.5) is 5.69 Å². The van der Waals surface area contributed by atoms with Gasteiger partial charge in [0.25, 0.3) is 5.56 Å². The number of H-pyrrole nitrogens is 1. The second-order valence-corrected chi connectivity index (χ2v) is 13.4. The standard InChI is InChI=1S/C32H41N3O4S/c1-23-9-16-28(31(36)33-23)26-21-25(30(39-5)29(22-26)32(2,3)4)13-10-24-11-14-27(15-12-24)34-40(37,38)20-8-19-35-17-6-7-18-35/h9-16,21-22,34H,6-8,17-20H2,1-5H3,(H,33,36)/b13-10+. The second kappa shape index (κ2) is 12.4. The van der Waals surface area contributed by atoms with Crippen molar-refractivity contribution in [2.45, 2.75) is 52.4 Å². The molecular formula is C32H41N3O4S. The van der Waals surface area contributed by atoms with Crippen molar-refractivity contribution in [1.29, 1.82) is 0 Å². The van der Waals surface area contributed by atoms with E-state index in [1.54, 1.807) is 19.2 Å². The molecule has 0 radical (unpaired) electrons. The monoisotopic (exact) mass is 563 g/mol. The van der Waals surface area contributed by atoms with Crippen molar-refractivity contribution in [3.05, 3.63) is 81.3 Å². The normalized spacial score (nSPS) is 14.6. The number of anilines is 1. The van der Waals surface area contributed by atoms with Crippen LogP contribution in [0.15, 0.2) is 53.3 Å². The summed E-state index contributed by atoms with van der Waals surface area (Å²) >= 11 is 0. The number of aryl methyl sites for hydroxylation is 1. The minimum absolute atomic E-state index is 0.112. The number of likely N-dealkylation sites (tertiary alicyclic amines) is 1. The number of rotatable bonds is 10. The molecule has 1 fully saturated rings. The SMILES string of the molecule is COc1c(/C=C/c2ccc(NS(=O)(=O)CCCN3CCCC3)cc2)cc(-c2ccc(C)[nH]c2=O)cc1C(C)(C)C. The van der Waals surface area contributed by atoms with E-state index in [0.717, 1.165) is 53.3 Å². The van der Waals surface area contributed by atoms with E-state index in [9.17, 15) is 13.2 Å². The maximum atomic E-state index is 12.7. The van der Waals surface area contributed by atoms with Gasteiger partial charge in [0.05, 0.1) is 12.9 Å². The van der Waals surface area contributed by atoms with Crippen LogP contribution < -0.4 is 15.0 Å². The number of methoxy groups -OCH3 is 1. The second-order valence-electron chi connectivity index (χ2n) is 11.6. The first-order valence-corrected chi connectivity index (χ1v) is 15.5. The van der Waals surface area contributed by atoms with Gasteiger partial charge >= 0.3 is 0 Å². The Bertz CT molecular complexity index is 1510. The summed E-state index contributed by atoms with van der Waals surface area (Å²) in [6.07, 6.45) is 6.96. The molecule has 0 spiro atoms. The highest BCUT2D eigenvalue weighted by Gasteiger charge is 2.23. The molecule has 1 aliphatic heterocycles. The number of hydrogen-bond donors (Lipinski definition) is 2. The summed E-state index contributed by atoms with van der Waals surface area (Å²) in [6, 6.07) is 15.1. The molecule has 0 bridgehead atoms. The van der Waals surface area contributed by atoms with Crippen LogP contribution in [0.5, 0.6) is 5.75 Å². The zero-order valence-corrected chi connectivity index (χ0v) is 25.0. The molecule has 3 aromatic rings. The number of nitrogens with one attached hydrogen (secondary N) is 2. The number of sulfonamides is 1. The van der Waals surface area contributed by atoms with Crippen LogP contribution in [-0.2, 0) is 15.4 Å². The third-order valence-corrected chi connectivity index (χ3v) is 8.59. The Labute approximate surface area is 238 Å². The van der Waals surface area contributed by atoms with Gasteiger partial charge in [-0.3, -0.25) is 9.52 Å². The van der Waals surface area contributed by atoms with Crippen LogP contribution in [0.25, 0.3) is 23.3 Å². The van der Waals surface area contributed by atoms with E-state index in [-0.39, 0.29) is 16.7 Å². The molecule has 1 aliphatic rings. The summed E-state index contributed by atoms with van der Waals surface area (Å²) in [5.41, 5.74) is 5.21. The fraction of sp³-hybridized carbons (Fsp3) is 0.406. The summed E-state index contributed by atoms with van der Waals surface area (Å²) in [4.78, 5) is 18.0. The number of benzene rings is 2. The Kier molecular flexibility index (Phi) is 9.21. The minimum atomic E-state index is -3.40. The lowest BCUT2D eigenvalue weighted by molar-refractivity contribution is 0.340. The Hall–Kier alpha value is -3.36. The van der Waals surface area contributed by atoms with Crippen molar-refractivity contribution in [3.8, 4) is 16.9 Å². The molecule has 0 saturated carbocycles. The average Bonchev–Trinajstić information content (AvgIpc) is 3.40. The lowest BCUT2D eigenvalue weighted by Gasteiger charge is -2.24. The van der Waals surface area contributed by atoms with Gasteiger partial charge < -0.3 is 14.6 Å². The molecule has 2 aromatic carbocycles. The van der Waals surface area contributed by atoms with Gasteiger partial charge in [-0.15, -0.1) is 0 Å². The third kappa shape index (κ3) is 7.64. The molecule has 2 N–H and O–H groups in total. The molecule has 4 rings (SSSR count). The van der Waals surface area contributed by atoms with Crippen molar-refractivity contribution in [3.63, 3.8) is 0 Å². The van der Waals surface area contributed by atoms with Gasteiger partial charge in [-0.05, 0) is 98.8 Å². The fourth-order valence-electron chi connectivity index (χ4n) is 5.08. The number of aromatic nitrogens is 1. The predicted molar refractivity (Wildman–Crippen MR) is 166 cm³/mol. The van der Waals surface area contributed by atoms with Crippen molar-refractivity contribution < 1.29 is 13.2 Å². The molecule has 0 atom stereocenters. The van der Waals surface area contributed by atoms with E-state index in [1.165, 1.54) is 12.8 Å². The molecule has 2 heterocycles. The zero-order chi connectivity index (χ0) is 28.9. The number of ether oxygens (including phenoxy) is 1. The molecule has 214 valence electrons. The number of nitrogens with zero attached hydrogens (tertiary/aromatic N) is 1. The minimum Gasteiger partial charge on any atom is -0.496 e. The maximum absolute atomic E-state index is 12.7.